The van der Waals surface area contributed by atoms with Crippen molar-refractivity contribution in [1.29, 1.82) is 0 Å². The predicted octanol–water partition coefficient (Wildman–Crippen LogP) is 2.14. The third kappa shape index (κ3) is 3.35. The van der Waals surface area contributed by atoms with E-state index < -0.39 is 0 Å². The third-order valence-electron chi connectivity index (χ3n) is 3.20. The lowest BCUT2D eigenvalue weighted by atomic mass is 10.1. The molecule has 0 spiro atoms. The van der Waals surface area contributed by atoms with Crippen LogP contribution < -0.4 is 10.5 Å². The lowest BCUT2D eigenvalue weighted by Gasteiger charge is -2.42. The molecule has 1 aliphatic rings. The number of nitrogens with two attached hydrogens (primary N) is 1. The second-order valence-corrected chi connectivity index (χ2v) is 5.01. The first kappa shape index (κ1) is 12.7. The molecule has 4 heteroatoms. The van der Waals surface area contributed by atoms with Gasteiger partial charge in [-0.15, -0.1) is 0 Å². The summed E-state index contributed by atoms with van der Waals surface area (Å²) in [5.74, 6) is 0.894. The third-order valence-corrected chi connectivity index (χ3v) is 3.45. The summed E-state index contributed by atoms with van der Waals surface area (Å²) in [6, 6.07) is 8.09. The van der Waals surface area contributed by atoms with Crippen molar-refractivity contribution in [3.63, 3.8) is 0 Å². The molecule has 0 aliphatic carbocycles. The van der Waals surface area contributed by atoms with E-state index in [-0.39, 0.29) is 0 Å². The van der Waals surface area contributed by atoms with Crippen LogP contribution >= 0.6 is 11.6 Å². The molecule has 0 amide bonds. The van der Waals surface area contributed by atoms with Gasteiger partial charge < -0.3 is 10.5 Å². The number of likely N-dealkylation sites (tertiary alicyclic amines) is 1. The van der Waals surface area contributed by atoms with Crippen LogP contribution in [0.4, 0.5) is 0 Å². The standard InChI is InChI=1S/C13H19ClN2O/c1-10(6-7-15)16-8-13(9-16)17-12-4-2-11(14)3-5-12/h2-5,10,13H,6-9,15H2,1H3/t10-/m1/s1. The first-order chi connectivity index (χ1) is 8.19. The van der Waals surface area contributed by atoms with Crippen molar-refractivity contribution in [3.8, 4) is 5.75 Å². The Hall–Kier alpha value is -0.770. The van der Waals surface area contributed by atoms with Gasteiger partial charge in [0.05, 0.1) is 0 Å². The van der Waals surface area contributed by atoms with Crippen LogP contribution in [-0.2, 0) is 0 Å². The number of nitrogens with zero attached hydrogens (tertiary/aromatic N) is 1. The minimum Gasteiger partial charge on any atom is -0.488 e. The number of benzene rings is 1. The van der Waals surface area contributed by atoms with E-state index >= 15 is 0 Å². The SMILES string of the molecule is C[C@H](CCN)N1CC(Oc2ccc(Cl)cc2)C1. The first-order valence-corrected chi connectivity index (χ1v) is 6.43. The number of rotatable bonds is 5. The zero-order valence-electron chi connectivity index (χ0n) is 10.1. The van der Waals surface area contributed by atoms with Gasteiger partial charge in [-0.1, -0.05) is 11.6 Å². The Bertz CT molecular complexity index is 349. The molecule has 0 saturated carbocycles. The summed E-state index contributed by atoms with van der Waals surface area (Å²) in [6.07, 6.45) is 1.35. The molecule has 0 unspecified atom stereocenters. The largest absolute Gasteiger partial charge is 0.488 e. The van der Waals surface area contributed by atoms with Gasteiger partial charge in [-0.25, -0.2) is 0 Å². The fourth-order valence-corrected chi connectivity index (χ4v) is 2.16. The molecule has 1 aromatic rings. The summed E-state index contributed by atoms with van der Waals surface area (Å²) in [5, 5.41) is 0.740. The van der Waals surface area contributed by atoms with E-state index in [0.29, 0.717) is 12.1 Å². The van der Waals surface area contributed by atoms with Crippen LogP contribution in [0.5, 0.6) is 5.75 Å². The van der Waals surface area contributed by atoms with Gasteiger partial charge >= 0.3 is 0 Å². The van der Waals surface area contributed by atoms with Crippen LogP contribution in [0.15, 0.2) is 24.3 Å². The minimum atomic E-state index is 0.302. The predicted molar refractivity (Wildman–Crippen MR) is 70.6 cm³/mol. The molecule has 1 atom stereocenters. The summed E-state index contributed by atoms with van der Waals surface area (Å²) in [5.41, 5.74) is 5.55. The molecule has 2 rings (SSSR count). The van der Waals surface area contributed by atoms with Crippen LogP contribution in [0.25, 0.3) is 0 Å². The molecule has 1 heterocycles. The first-order valence-electron chi connectivity index (χ1n) is 6.05. The quantitative estimate of drug-likeness (QED) is 0.875. The summed E-state index contributed by atoms with van der Waals surface area (Å²) < 4.78 is 5.83. The minimum absolute atomic E-state index is 0.302. The van der Waals surface area contributed by atoms with Crippen LogP contribution in [0.1, 0.15) is 13.3 Å². The lowest BCUT2D eigenvalue weighted by molar-refractivity contribution is -0.00588. The van der Waals surface area contributed by atoms with E-state index in [9.17, 15) is 0 Å². The monoisotopic (exact) mass is 254 g/mol. The van der Waals surface area contributed by atoms with Gasteiger partial charge in [0.25, 0.3) is 0 Å². The van der Waals surface area contributed by atoms with Crippen LogP contribution in [0.3, 0.4) is 0 Å². The van der Waals surface area contributed by atoms with Crippen molar-refractivity contribution in [2.75, 3.05) is 19.6 Å². The van der Waals surface area contributed by atoms with E-state index in [1.54, 1.807) is 0 Å². The highest BCUT2D eigenvalue weighted by Crippen LogP contribution is 2.22. The van der Waals surface area contributed by atoms with Crippen LogP contribution in [-0.4, -0.2) is 36.7 Å². The van der Waals surface area contributed by atoms with Crippen LogP contribution in [0.2, 0.25) is 5.02 Å². The van der Waals surface area contributed by atoms with Crippen molar-refractivity contribution in [3.05, 3.63) is 29.3 Å². The Kier molecular flexibility index (Phi) is 4.26. The van der Waals surface area contributed by atoms with E-state index in [4.69, 9.17) is 22.1 Å². The molecule has 1 fully saturated rings. The molecule has 1 aliphatic heterocycles. The maximum atomic E-state index is 5.83. The summed E-state index contributed by atoms with van der Waals surface area (Å²) in [4.78, 5) is 2.40. The van der Waals surface area contributed by atoms with Crippen LogP contribution in [0, 0.1) is 0 Å². The molecule has 1 aromatic carbocycles. The number of hydrogen-bond donors (Lipinski definition) is 1. The average Bonchev–Trinajstić information content (AvgIpc) is 2.25. The van der Waals surface area contributed by atoms with E-state index in [1.165, 1.54) is 0 Å². The highest BCUT2D eigenvalue weighted by Gasteiger charge is 2.31. The highest BCUT2D eigenvalue weighted by molar-refractivity contribution is 6.30. The fraction of sp³-hybridized carbons (Fsp3) is 0.538. The Balaban J connectivity index is 1.75. The molecular weight excluding hydrogens is 236 g/mol. The highest BCUT2D eigenvalue weighted by atomic mass is 35.5. The molecular formula is C13H19ClN2O. The molecule has 3 nitrogen and oxygen atoms in total. The zero-order valence-corrected chi connectivity index (χ0v) is 10.9. The normalized spacial score (nSPS) is 18.8. The van der Waals surface area contributed by atoms with Gasteiger partial charge in [0.1, 0.15) is 11.9 Å². The smallest absolute Gasteiger partial charge is 0.124 e. The molecule has 2 N–H and O–H groups in total. The molecule has 94 valence electrons. The van der Waals surface area contributed by atoms with E-state index in [2.05, 4.69) is 11.8 Å². The molecule has 0 radical (unpaired) electrons. The zero-order chi connectivity index (χ0) is 12.3. The van der Waals surface area contributed by atoms with E-state index in [1.807, 2.05) is 24.3 Å². The lowest BCUT2D eigenvalue weighted by Crippen LogP contribution is -2.57. The van der Waals surface area contributed by atoms with Crippen molar-refractivity contribution in [2.45, 2.75) is 25.5 Å². The van der Waals surface area contributed by atoms with Gasteiger partial charge in [0, 0.05) is 24.2 Å². The Labute approximate surface area is 107 Å². The number of ether oxygens (including phenoxy) is 1. The van der Waals surface area contributed by atoms with Gasteiger partial charge in [-0.2, -0.15) is 0 Å². The summed E-state index contributed by atoms with van der Waals surface area (Å²) in [7, 11) is 0. The second-order valence-electron chi connectivity index (χ2n) is 4.57. The summed E-state index contributed by atoms with van der Waals surface area (Å²) >= 11 is 5.82. The molecule has 0 aromatic heterocycles. The van der Waals surface area contributed by atoms with Gasteiger partial charge in [-0.05, 0) is 44.2 Å². The van der Waals surface area contributed by atoms with E-state index in [0.717, 1.165) is 36.8 Å². The molecule has 0 bridgehead atoms. The second kappa shape index (κ2) is 5.71. The fourth-order valence-electron chi connectivity index (χ4n) is 2.03. The van der Waals surface area contributed by atoms with Crippen molar-refractivity contribution < 1.29 is 4.74 Å². The van der Waals surface area contributed by atoms with Crippen molar-refractivity contribution in [1.82, 2.24) is 4.90 Å². The van der Waals surface area contributed by atoms with Gasteiger partial charge in [0.2, 0.25) is 0 Å². The molecule has 1 saturated heterocycles. The van der Waals surface area contributed by atoms with Gasteiger partial charge in [0.15, 0.2) is 0 Å². The Morgan fingerprint density at radius 1 is 1.41 bits per heavy atom. The Morgan fingerprint density at radius 2 is 2.06 bits per heavy atom. The topological polar surface area (TPSA) is 38.5 Å². The number of halogens is 1. The molecule has 17 heavy (non-hydrogen) atoms. The maximum Gasteiger partial charge on any atom is 0.124 e. The Morgan fingerprint density at radius 3 is 2.65 bits per heavy atom. The maximum absolute atomic E-state index is 5.83. The van der Waals surface area contributed by atoms with Crippen molar-refractivity contribution >= 4 is 11.6 Å². The average molecular weight is 255 g/mol. The number of hydrogen-bond acceptors (Lipinski definition) is 3. The van der Waals surface area contributed by atoms with Gasteiger partial charge in [-0.3, -0.25) is 4.90 Å². The van der Waals surface area contributed by atoms with Crippen molar-refractivity contribution in [2.24, 2.45) is 5.73 Å². The summed E-state index contributed by atoms with van der Waals surface area (Å²) in [6.45, 7) is 4.94.